The van der Waals surface area contributed by atoms with E-state index in [-0.39, 0.29) is 16.2 Å². The number of hydrogen-bond acceptors (Lipinski definition) is 5. The van der Waals surface area contributed by atoms with Crippen LogP contribution in [0.5, 0.6) is 0 Å². The highest BCUT2D eigenvalue weighted by Gasteiger charge is 2.24. The van der Waals surface area contributed by atoms with Crippen molar-refractivity contribution in [1.82, 2.24) is 5.32 Å². The summed E-state index contributed by atoms with van der Waals surface area (Å²) in [6.45, 7) is 10.3. The largest absolute Gasteiger partial charge is 0.352 e. The molecular formula is C35H41NO6S2. The summed E-state index contributed by atoms with van der Waals surface area (Å²) in [6, 6.07) is 16.6. The molecule has 0 fully saturated rings. The monoisotopic (exact) mass is 635 g/mol. The van der Waals surface area contributed by atoms with E-state index < -0.39 is 24.9 Å². The quantitative estimate of drug-likeness (QED) is 0.132. The van der Waals surface area contributed by atoms with Gasteiger partial charge in [0.05, 0.1) is 4.90 Å². The summed E-state index contributed by atoms with van der Waals surface area (Å²) in [5, 5.41) is 3.82. The van der Waals surface area contributed by atoms with Crippen LogP contribution in [0.15, 0.2) is 64.4 Å². The van der Waals surface area contributed by atoms with E-state index >= 15 is 0 Å². The first kappa shape index (κ1) is 33.4. The van der Waals surface area contributed by atoms with Crippen LogP contribution in [0.2, 0.25) is 0 Å². The van der Waals surface area contributed by atoms with E-state index in [1.807, 2.05) is 51.1 Å². The van der Waals surface area contributed by atoms with E-state index in [2.05, 4.69) is 24.4 Å². The Hall–Kier alpha value is -3.53. The third-order valence-electron chi connectivity index (χ3n) is 8.37. The minimum absolute atomic E-state index is 0.0505. The van der Waals surface area contributed by atoms with Gasteiger partial charge in [0, 0.05) is 23.8 Å². The molecule has 9 heteroatoms. The standard InChI is InChI=1S/C35H41NO6S2/c1-7-8-9-10-17-36-35(37)30-15-14-29(19-23(30)3)28-12-11-26(22(2)18-28)20-27-13-16-31-33(44(40,41)42)21-32(43(6,38)39)25(5)34(31)24(27)4/h11-16,18-19,21H,7-10,17,20H2,1-6H3,(H,36,37)(H,40,41,42). The molecule has 4 aromatic rings. The highest BCUT2D eigenvalue weighted by atomic mass is 32.2. The smallest absolute Gasteiger partial charge is 0.295 e. The number of sulfone groups is 1. The predicted octanol–water partition coefficient (Wildman–Crippen LogP) is 7.29. The first-order valence-electron chi connectivity index (χ1n) is 14.9. The highest BCUT2D eigenvalue weighted by Crippen LogP contribution is 2.36. The summed E-state index contributed by atoms with van der Waals surface area (Å²) < 4.78 is 59.3. The van der Waals surface area contributed by atoms with Gasteiger partial charge in [-0.1, -0.05) is 68.7 Å². The summed E-state index contributed by atoms with van der Waals surface area (Å²) in [7, 11) is -8.41. The minimum Gasteiger partial charge on any atom is -0.352 e. The Bertz CT molecular complexity index is 1960. The van der Waals surface area contributed by atoms with Crippen LogP contribution < -0.4 is 5.32 Å². The molecule has 44 heavy (non-hydrogen) atoms. The molecule has 7 nitrogen and oxygen atoms in total. The normalized spacial score (nSPS) is 12.1. The number of nitrogens with one attached hydrogen (secondary N) is 1. The summed E-state index contributed by atoms with van der Waals surface area (Å²) in [6.07, 6.45) is 6.00. The Morgan fingerprint density at radius 2 is 1.39 bits per heavy atom. The Balaban J connectivity index is 1.63. The second-order valence-electron chi connectivity index (χ2n) is 11.7. The lowest BCUT2D eigenvalue weighted by molar-refractivity contribution is 0.0952. The second kappa shape index (κ2) is 13.2. The van der Waals surface area contributed by atoms with Crippen LogP contribution in [0.1, 0.15) is 76.3 Å². The van der Waals surface area contributed by atoms with E-state index in [4.69, 9.17) is 0 Å². The molecule has 4 rings (SSSR count). The van der Waals surface area contributed by atoms with Crippen molar-refractivity contribution >= 4 is 36.6 Å². The Kier molecular flexibility index (Phi) is 10.0. The van der Waals surface area contributed by atoms with Crippen molar-refractivity contribution in [2.75, 3.05) is 12.8 Å². The first-order valence-corrected chi connectivity index (χ1v) is 18.2. The first-order chi connectivity index (χ1) is 20.6. The molecule has 4 aromatic carbocycles. The van der Waals surface area contributed by atoms with Gasteiger partial charge < -0.3 is 5.32 Å². The molecule has 0 spiro atoms. The number of rotatable bonds is 11. The number of aryl methyl sites for hydroxylation is 4. The van der Waals surface area contributed by atoms with Gasteiger partial charge in [0.15, 0.2) is 9.84 Å². The fraction of sp³-hybridized carbons (Fsp3) is 0.343. The summed E-state index contributed by atoms with van der Waals surface area (Å²) in [5.74, 6) is -0.0505. The summed E-state index contributed by atoms with van der Waals surface area (Å²) in [5.41, 5.74) is 7.89. The van der Waals surface area contributed by atoms with Crippen LogP contribution in [0, 0.1) is 27.7 Å². The summed E-state index contributed by atoms with van der Waals surface area (Å²) >= 11 is 0. The van der Waals surface area contributed by atoms with Crippen molar-refractivity contribution in [3.8, 4) is 11.1 Å². The van der Waals surface area contributed by atoms with Gasteiger partial charge in [-0.05, 0) is 103 Å². The fourth-order valence-corrected chi connectivity index (χ4v) is 7.67. The number of carbonyl (C=O) groups excluding carboxylic acids is 1. The van der Waals surface area contributed by atoms with Crippen LogP contribution in [0.25, 0.3) is 21.9 Å². The zero-order chi connectivity index (χ0) is 32.4. The van der Waals surface area contributed by atoms with Crippen LogP contribution in [-0.4, -0.2) is 40.1 Å². The van der Waals surface area contributed by atoms with Gasteiger partial charge in [-0.25, -0.2) is 8.42 Å². The third kappa shape index (κ3) is 7.22. The maximum absolute atomic E-state index is 12.7. The molecule has 0 saturated heterocycles. The minimum atomic E-state index is -4.66. The fourth-order valence-electron chi connectivity index (χ4n) is 5.89. The third-order valence-corrected chi connectivity index (χ3v) is 10.5. The van der Waals surface area contributed by atoms with Gasteiger partial charge in [0.1, 0.15) is 4.90 Å². The average molecular weight is 636 g/mol. The summed E-state index contributed by atoms with van der Waals surface area (Å²) in [4.78, 5) is 12.2. The molecule has 0 saturated carbocycles. The van der Waals surface area contributed by atoms with E-state index in [9.17, 15) is 26.2 Å². The van der Waals surface area contributed by atoms with Crippen molar-refractivity contribution < 1.29 is 26.2 Å². The Labute approximate surface area is 261 Å². The topological polar surface area (TPSA) is 118 Å². The number of hydrogen-bond donors (Lipinski definition) is 2. The lowest BCUT2D eigenvalue weighted by atomic mass is 9.90. The van der Waals surface area contributed by atoms with Crippen LogP contribution in [-0.2, 0) is 26.4 Å². The van der Waals surface area contributed by atoms with Gasteiger partial charge in [0.2, 0.25) is 0 Å². The van der Waals surface area contributed by atoms with E-state index in [1.165, 1.54) is 6.42 Å². The molecular weight excluding hydrogens is 595 g/mol. The number of amides is 1. The molecule has 0 bridgehead atoms. The molecule has 0 aromatic heterocycles. The Morgan fingerprint density at radius 3 is 1.98 bits per heavy atom. The highest BCUT2D eigenvalue weighted by molar-refractivity contribution is 7.91. The van der Waals surface area contributed by atoms with Gasteiger partial charge in [-0.2, -0.15) is 8.42 Å². The zero-order valence-corrected chi connectivity index (χ0v) is 27.9. The second-order valence-corrected chi connectivity index (χ2v) is 15.1. The van der Waals surface area contributed by atoms with Crippen molar-refractivity contribution in [3.05, 3.63) is 93.5 Å². The number of benzene rings is 4. The molecule has 0 aliphatic carbocycles. The van der Waals surface area contributed by atoms with E-state index in [1.54, 1.807) is 13.0 Å². The van der Waals surface area contributed by atoms with Crippen LogP contribution in [0.3, 0.4) is 0 Å². The van der Waals surface area contributed by atoms with Gasteiger partial charge >= 0.3 is 0 Å². The molecule has 1 amide bonds. The number of fused-ring (bicyclic) bond motifs is 1. The molecule has 0 unspecified atom stereocenters. The zero-order valence-electron chi connectivity index (χ0n) is 26.2. The van der Waals surface area contributed by atoms with Gasteiger partial charge in [-0.3, -0.25) is 9.35 Å². The molecule has 234 valence electrons. The van der Waals surface area contributed by atoms with E-state index in [0.717, 1.165) is 70.5 Å². The van der Waals surface area contributed by atoms with Gasteiger partial charge in [-0.15, -0.1) is 0 Å². The number of carbonyl (C=O) groups is 1. The molecule has 0 atom stereocenters. The maximum Gasteiger partial charge on any atom is 0.295 e. The average Bonchev–Trinajstić information content (AvgIpc) is 2.93. The van der Waals surface area contributed by atoms with Crippen molar-refractivity contribution in [2.45, 2.75) is 76.5 Å². The predicted molar refractivity (Wildman–Crippen MR) is 177 cm³/mol. The maximum atomic E-state index is 12.7. The Morgan fingerprint density at radius 1 is 0.750 bits per heavy atom. The van der Waals surface area contributed by atoms with Crippen LogP contribution >= 0.6 is 0 Å². The van der Waals surface area contributed by atoms with Gasteiger partial charge in [0.25, 0.3) is 16.0 Å². The molecule has 0 aliphatic rings. The SMILES string of the molecule is CCCCCCNC(=O)c1ccc(-c2ccc(Cc3ccc4c(S(=O)(=O)O)cc(S(C)(=O)=O)c(C)c4c3C)c(C)c2)cc1C. The molecule has 0 aliphatic heterocycles. The number of unbranched alkanes of at least 4 members (excludes halogenated alkanes) is 3. The van der Waals surface area contributed by atoms with Crippen molar-refractivity contribution in [3.63, 3.8) is 0 Å². The molecule has 0 heterocycles. The lowest BCUT2D eigenvalue weighted by Crippen LogP contribution is -2.25. The lowest BCUT2D eigenvalue weighted by Gasteiger charge is -2.17. The van der Waals surface area contributed by atoms with E-state index in [0.29, 0.717) is 29.5 Å². The van der Waals surface area contributed by atoms with Crippen molar-refractivity contribution in [1.29, 1.82) is 0 Å². The molecule has 0 radical (unpaired) electrons. The van der Waals surface area contributed by atoms with Crippen molar-refractivity contribution in [2.24, 2.45) is 0 Å². The molecule has 2 N–H and O–H groups in total. The van der Waals surface area contributed by atoms with Crippen LogP contribution in [0.4, 0.5) is 0 Å².